The Kier molecular flexibility index (Phi) is 7.05. The van der Waals surface area contributed by atoms with Crippen molar-refractivity contribution in [1.82, 2.24) is 4.31 Å². The molecule has 0 aliphatic carbocycles. The number of morpholine rings is 1. The van der Waals surface area contributed by atoms with E-state index in [1.54, 1.807) is 18.2 Å². The molecule has 1 aliphatic heterocycles. The molecule has 2 atom stereocenters. The molecule has 7 heteroatoms. The van der Waals surface area contributed by atoms with E-state index >= 15 is 0 Å². The van der Waals surface area contributed by atoms with Gasteiger partial charge in [0, 0.05) is 18.8 Å². The van der Waals surface area contributed by atoms with E-state index in [9.17, 15) is 13.2 Å². The molecule has 1 amide bonds. The third-order valence-electron chi connectivity index (χ3n) is 5.36. The second-order valence-electron chi connectivity index (χ2n) is 7.31. The Balaban J connectivity index is 1.82. The summed E-state index contributed by atoms with van der Waals surface area (Å²) >= 11 is 0. The van der Waals surface area contributed by atoms with Crippen LogP contribution < -0.4 is 5.32 Å². The topological polar surface area (TPSA) is 75.7 Å². The number of nitrogens with zero attached hydrogens (tertiary/aromatic N) is 1. The van der Waals surface area contributed by atoms with Crippen LogP contribution >= 0.6 is 0 Å². The fourth-order valence-corrected chi connectivity index (χ4v) is 4.98. The van der Waals surface area contributed by atoms with Crippen LogP contribution in [0.2, 0.25) is 0 Å². The van der Waals surface area contributed by atoms with E-state index in [0.717, 1.165) is 12.0 Å². The van der Waals surface area contributed by atoms with Crippen molar-refractivity contribution >= 4 is 21.6 Å². The highest BCUT2D eigenvalue weighted by Crippen LogP contribution is 2.29. The summed E-state index contributed by atoms with van der Waals surface area (Å²) in [6, 6.07) is 16.1. The van der Waals surface area contributed by atoms with Crippen LogP contribution in [0.4, 0.5) is 5.69 Å². The van der Waals surface area contributed by atoms with Gasteiger partial charge in [0.05, 0.1) is 24.0 Å². The van der Waals surface area contributed by atoms with E-state index in [1.165, 1.54) is 10.4 Å². The van der Waals surface area contributed by atoms with Gasteiger partial charge in [0.2, 0.25) is 15.9 Å². The van der Waals surface area contributed by atoms with Gasteiger partial charge in [0.25, 0.3) is 0 Å². The number of sulfonamides is 1. The molecular formula is C22H28N2O4S. The molecule has 6 nitrogen and oxygen atoms in total. The Hall–Kier alpha value is -2.22. The molecule has 0 radical (unpaired) electrons. The predicted octanol–water partition coefficient (Wildman–Crippen LogP) is 3.48. The first-order chi connectivity index (χ1) is 13.9. The van der Waals surface area contributed by atoms with Crippen molar-refractivity contribution in [3.8, 4) is 0 Å². The van der Waals surface area contributed by atoms with Gasteiger partial charge in [0.1, 0.15) is 0 Å². The molecule has 2 aromatic rings. The molecular weight excluding hydrogens is 388 g/mol. The fraction of sp³-hybridized carbons (Fsp3) is 0.409. The van der Waals surface area contributed by atoms with E-state index in [-0.39, 0.29) is 22.6 Å². The number of ether oxygens (including phenoxy) is 1. The largest absolute Gasteiger partial charge is 0.379 e. The fourth-order valence-electron chi connectivity index (χ4n) is 3.52. The lowest BCUT2D eigenvalue weighted by molar-refractivity contribution is -0.118. The maximum atomic E-state index is 13.1. The van der Waals surface area contributed by atoms with E-state index in [0.29, 0.717) is 32.0 Å². The third-order valence-corrected chi connectivity index (χ3v) is 7.26. The van der Waals surface area contributed by atoms with Crippen LogP contribution in [-0.2, 0) is 19.6 Å². The number of carbonyl (C=O) groups excluding carboxylic acids is 1. The van der Waals surface area contributed by atoms with Gasteiger partial charge in [-0.1, -0.05) is 56.7 Å². The maximum Gasteiger partial charge on any atom is 0.243 e. The molecule has 1 saturated heterocycles. The minimum absolute atomic E-state index is 0.133. The number of hydrogen-bond donors (Lipinski definition) is 1. The van der Waals surface area contributed by atoms with Crippen LogP contribution in [0.5, 0.6) is 0 Å². The van der Waals surface area contributed by atoms with E-state index in [4.69, 9.17) is 4.74 Å². The van der Waals surface area contributed by atoms with E-state index in [1.807, 2.05) is 30.3 Å². The lowest BCUT2D eigenvalue weighted by Crippen LogP contribution is -2.40. The third kappa shape index (κ3) is 5.04. The summed E-state index contributed by atoms with van der Waals surface area (Å²) in [7, 11) is -3.61. The maximum absolute atomic E-state index is 13.1. The molecule has 1 N–H and O–H groups in total. The summed E-state index contributed by atoms with van der Waals surface area (Å²) in [5, 5.41) is 2.92. The van der Waals surface area contributed by atoms with Gasteiger partial charge in [-0.3, -0.25) is 4.79 Å². The van der Waals surface area contributed by atoms with Crippen LogP contribution in [0.25, 0.3) is 0 Å². The Morgan fingerprint density at radius 3 is 2.45 bits per heavy atom. The molecule has 1 heterocycles. The van der Waals surface area contributed by atoms with Crippen molar-refractivity contribution in [2.75, 3.05) is 31.6 Å². The van der Waals surface area contributed by atoms with Crippen molar-refractivity contribution < 1.29 is 17.9 Å². The first-order valence-electron chi connectivity index (χ1n) is 9.97. The molecule has 0 spiro atoms. The van der Waals surface area contributed by atoms with Crippen LogP contribution in [-0.4, -0.2) is 44.9 Å². The standard InChI is InChI=1S/C22H28N2O4S/c1-3-17(2)21(18-8-5-4-6-9-18)22(25)23-19-10-7-11-20(16-19)29(26,27)24-12-14-28-15-13-24/h4-11,16-17,21H,3,12-15H2,1-2H3,(H,23,25)/t17-,21-/m1/s1. The second-order valence-corrected chi connectivity index (χ2v) is 9.25. The molecule has 3 rings (SSSR count). The Morgan fingerprint density at radius 2 is 1.79 bits per heavy atom. The zero-order valence-electron chi connectivity index (χ0n) is 16.9. The van der Waals surface area contributed by atoms with Crippen LogP contribution in [0.15, 0.2) is 59.5 Å². The molecule has 1 aliphatic rings. The number of nitrogens with one attached hydrogen (secondary N) is 1. The van der Waals surface area contributed by atoms with Crippen molar-refractivity contribution in [1.29, 1.82) is 0 Å². The summed E-state index contributed by atoms with van der Waals surface area (Å²) in [5.41, 5.74) is 1.44. The van der Waals surface area contributed by atoms with Crippen molar-refractivity contribution in [2.24, 2.45) is 5.92 Å². The van der Waals surface area contributed by atoms with E-state index in [2.05, 4.69) is 19.2 Å². The van der Waals surface area contributed by atoms with Gasteiger partial charge in [-0.15, -0.1) is 0 Å². The van der Waals surface area contributed by atoms with Gasteiger partial charge < -0.3 is 10.1 Å². The summed E-state index contributed by atoms with van der Waals surface area (Å²) in [6.45, 7) is 5.57. The lowest BCUT2D eigenvalue weighted by Gasteiger charge is -2.26. The number of rotatable bonds is 7. The number of benzene rings is 2. The van der Waals surface area contributed by atoms with E-state index < -0.39 is 10.0 Å². The number of anilines is 1. The molecule has 0 saturated carbocycles. The molecule has 0 bridgehead atoms. The first kappa shape index (κ1) is 21.5. The van der Waals surface area contributed by atoms with Gasteiger partial charge in [-0.05, 0) is 29.7 Å². The minimum atomic E-state index is -3.61. The zero-order valence-corrected chi connectivity index (χ0v) is 17.7. The molecule has 0 aromatic heterocycles. The second kappa shape index (κ2) is 9.52. The molecule has 156 valence electrons. The predicted molar refractivity (Wildman–Crippen MR) is 113 cm³/mol. The summed E-state index contributed by atoms with van der Waals surface area (Å²) in [6.07, 6.45) is 0.860. The number of hydrogen-bond acceptors (Lipinski definition) is 4. The monoisotopic (exact) mass is 416 g/mol. The van der Waals surface area contributed by atoms with Gasteiger partial charge in [0.15, 0.2) is 0 Å². The highest BCUT2D eigenvalue weighted by atomic mass is 32.2. The molecule has 2 aromatic carbocycles. The molecule has 1 fully saturated rings. The summed E-state index contributed by atoms with van der Waals surface area (Å²) in [4.78, 5) is 13.3. The zero-order chi connectivity index (χ0) is 20.9. The highest BCUT2D eigenvalue weighted by molar-refractivity contribution is 7.89. The Bertz CT molecular complexity index is 925. The van der Waals surface area contributed by atoms with Crippen LogP contribution in [0.3, 0.4) is 0 Å². The molecule has 29 heavy (non-hydrogen) atoms. The summed E-state index contributed by atoms with van der Waals surface area (Å²) < 4.78 is 32.5. The van der Waals surface area contributed by atoms with Gasteiger partial charge in [-0.25, -0.2) is 8.42 Å². The van der Waals surface area contributed by atoms with Crippen LogP contribution in [0.1, 0.15) is 31.7 Å². The van der Waals surface area contributed by atoms with Crippen molar-refractivity contribution in [3.05, 3.63) is 60.2 Å². The van der Waals surface area contributed by atoms with Crippen molar-refractivity contribution in [3.63, 3.8) is 0 Å². The smallest absolute Gasteiger partial charge is 0.243 e. The Labute approximate surface area is 172 Å². The number of carbonyl (C=O) groups is 1. The minimum Gasteiger partial charge on any atom is -0.379 e. The van der Waals surface area contributed by atoms with Crippen LogP contribution in [0, 0.1) is 5.92 Å². The van der Waals surface area contributed by atoms with Gasteiger partial charge in [-0.2, -0.15) is 4.31 Å². The van der Waals surface area contributed by atoms with Crippen molar-refractivity contribution in [2.45, 2.75) is 31.1 Å². The average Bonchev–Trinajstić information content (AvgIpc) is 2.75. The highest BCUT2D eigenvalue weighted by Gasteiger charge is 2.28. The normalized spacial score (nSPS) is 17.4. The van der Waals surface area contributed by atoms with Gasteiger partial charge >= 0.3 is 0 Å². The first-order valence-corrected chi connectivity index (χ1v) is 11.4. The summed E-state index contributed by atoms with van der Waals surface area (Å²) in [5.74, 6) is -0.287. The lowest BCUT2D eigenvalue weighted by atomic mass is 9.85. The molecule has 0 unspecified atom stereocenters. The number of amides is 1. The average molecular weight is 417 g/mol. The Morgan fingerprint density at radius 1 is 1.10 bits per heavy atom. The quantitative estimate of drug-likeness (QED) is 0.750. The SMILES string of the molecule is CC[C@@H](C)[C@@H](C(=O)Nc1cccc(S(=O)(=O)N2CCOCC2)c1)c1ccccc1.